The van der Waals surface area contributed by atoms with Gasteiger partial charge in [0, 0.05) is 12.5 Å². The van der Waals surface area contributed by atoms with E-state index in [1.54, 1.807) is 0 Å². The SMILES string of the molecule is CC1CCC(CCC(=O)NC2CCNCC2)O1.Cl. The third-order valence-electron chi connectivity index (χ3n) is 3.72. The zero-order valence-corrected chi connectivity index (χ0v) is 11.9. The van der Waals surface area contributed by atoms with Gasteiger partial charge in [-0.15, -0.1) is 12.4 Å². The van der Waals surface area contributed by atoms with E-state index in [1.165, 1.54) is 0 Å². The Hall–Kier alpha value is -0.320. The first-order valence-electron chi connectivity index (χ1n) is 6.89. The van der Waals surface area contributed by atoms with E-state index in [4.69, 9.17) is 4.74 Å². The summed E-state index contributed by atoms with van der Waals surface area (Å²) in [6.45, 7) is 4.15. The first-order chi connectivity index (χ1) is 8.24. The molecule has 0 aromatic rings. The van der Waals surface area contributed by atoms with Gasteiger partial charge >= 0.3 is 0 Å². The summed E-state index contributed by atoms with van der Waals surface area (Å²) in [6.07, 6.45) is 6.55. The minimum absolute atomic E-state index is 0. The first-order valence-corrected chi connectivity index (χ1v) is 6.89. The lowest BCUT2D eigenvalue weighted by atomic mass is 10.1. The molecule has 0 aliphatic carbocycles. The predicted octanol–water partition coefficient (Wildman–Crippen LogP) is 1.62. The van der Waals surface area contributed by atoms with Gasteiger partial charge in [-0.25, -0.2) is 0 Å². The number of carbonyl (C=O) groups excluding carboxylic acids is 1. The van der Waals surface area contributed by atoms with Gasteiger partial charge in [-0.2, -0.15) is 0 Å². The van der Waals surface area contributed by atoms with Gasteiger partial charge < -0.3 is 15.4 Å². The third-order valence-corrected chi connectivity index (χ3v) is 3.72. The number of nitrogens with one attached hydrogen (secondary N) is 2. The summed E-state index contributed by atoms with van der Waals surface area (Å²) >= 11 is 0. The van der Waals surface area contributed by atoms with Crippen LogP contribution in [0.2, 0.25) is 0 Å². The molecule has 0 aromatic heterocycles. The summed E-state index contributed by atoms with van der Waals surface area (Å²) in [5.41, 5.74) is 0. The van der Waals surface area contributed by atoms with E-state index in [9.17, 15) is 4.79 Å². The molecule has 2 heterocycles. The molecule has 0 aromatic carbocycles. The normalized spacial score (nSPS) is 28.7. The van der Waals surface area contributed by atoms with Crippen LogP contribution in [-0.4, -0.2) is 37.2 Å². The van der Waals surface area contributed by atoms with Crippen molar-refractivity contribution < 1.29 is 9.53 Å². The molecule has 2 unspecified atom stereocenters. The molecule has 2 aliphatic rings. The maximum Gasteiger partial charge on any atom is 0.220 e. The van der Waals surface area contributed by atoms with Crippen LogP contribution in [0.25, 0.3) is 0 Å². The topological polar surface area (TPSA) is 50.4 Å². The number of hydrogen-bond acceptors (Lipinski definition) is 3. The molecule has 18 heavy (non-hydrogen) atoms. The van der Waals surface area contributed by atoms with Crippen molar-refractivity contribution in [3.05, 3.63) is 0 Å². The van der Waals surface area contributed by atoms with Gasteiger partial charge in [0.1, 0.15) is 0 Å². The van der Waals surface area contributed by atoms with Crippen LogP contribution in [0.15, 0.2) is 0 Å². The lowest BCUT2D eigenvalue weighted by Gasteiger charge is -2.23. The highest BCUT2D eigenvalue weighted by Crippen LogP contribution is 2.22. The molecule has 2 fully saturated rings. The maximum atomic E-state index is 11.8. The summed E-state index contributed by atoms with van der Waals surface area (Å²) in [5.74, 6) is 0.194. The number of rotatable bonds is 4. The zero-order valence-electron chi connectivity index (χ0n) is 11.1. The molecule has 2 rings (SSSR count). The van der Waals surface area contributed by atoms with Gasteiger partial charge in [0.25, 0.3) is 0 Å². The van der Waals surface area contributed by atoms with Gasteiger partial charge in [0.15, 0.2) is 0 Å². The van der Waals surface area contributed by atoms with Gasteiger partial charge in [0.05, 0.1) is 12.2 Å². The number of carbonyl (C=O) groups is 1. The Bertz CT molecular complexity index is 257. The number of halogens is 1. The van der Waals surface area contributed by atoms with Crippen molar-refractivity contribution in [1.82, 2.24) is 10.6 Å². The molecule has 2 atom stereocenters. The van der Waals surface area contributed by atoms with Crippen molar-refractivity contribution in [3.63, 3.8) is 0 Å². The van der Waals surface area contributed by atoms with Gasteiger partial charge in [-0.05, 0) is 52.1 Å². The highest BCUT2D eigenvalue weighted by atomic mass is 35.5. The van der Waals surface area contributed by atoms with Crippen LogP contribution in [0.5, 0.6) is 0 Å². The van der Waals surface area contributed by atoms with E-state index in [1.807, 2.05) is 0 Å². The molecule has 0 spiro atoms. The van der Waals surface area contributed by atoms with Crippen molar-refractivity contribution in [3.8, 4) is 0 Å². The molecule has 2 N–H and O–H groups in total. The van der Waals surface area contributed by atoms with Crippen molar-refractivity contribution in [1.29, 1.82) is 0 Å². The van der Waals surface area contributed by atoms with Crippen LogP contribution in [0.3, 0.4) is 0 Å². The van der Waals surface area contributed by atoms with Crippen molar-refractivity contribution in [2.24, 2.45) is 0 Å². The summed E-state index contributed by atoms with van der Waals surface area (Å²) in [7, 11) is 0. The van der Waals surface area contributed by atoms with Crippen molar-refractivity contribution in [2.45, 2.75) is 63.7 Å². The fraction of sp³-hybridized carbons (Fsp3) is 0.923. The van der Waals surface area contributed by atoms with Crippen LogP contribution in [0.1, 0.15) is 45.4 Å². The second kappa shape index (κ2) is 7.97. The Labute approximate surface area is 116 Å². The molecule has 0 bridgehead atoms. The zero-order chi connectivity index (χ0) is 12.1. The largest absolute Gasteiger partial charge is 0.375 e. The Morgan fingerprint density at radius 1 is 1.28 bits per heavy atom. The molecule has 4 nitrogen and oxygen atoms in total. The standard InChI is InChI=1S/C13H24N2O2.ClH/c1-10-2-3-12(17-10)4-5-13(16)15-11-6-8-14-9-7-11;/h10-12,14H,2-9H2,1H3,(H,15,16);1H. The molecular weight excluding hydrogens is 252 g/mol. The number of hydrogen-bond donors (Lipinski definition) is 2. The lowest BCUT2D eigenvalue weighted by Crippen LogP contribution is -2.42. The highest BCUT2D eigenvalue weighted by Gasteiger charge is 2.23. The number of amides is 1. The Kier molecular flexibility index (Phi) is 6.97. The van der Waals surface area contributed by atoms with E-state index in [0.717, 1.165) is 45.2 Å². The van der Waals surface area contributed by atoms with Crippen LogP contribution in [-0.2, 0) is 9.53 Å². The average Bonchev–Trinajstić information content (AvgIpc) is 2.74. The van der Waals surface area contributed by atoms with Crippen molar-refractivity contribution >= 4 is 18.3 Å². The molecule has 1 amide bonds. The summed E-state index contributed by atoms with van der Waals surface area (Å²) < 4.78 is 5.71. The first kappa shape index (κ1) is 15.7. The van der Waals surface area contributed by atoms with Crippen LogP contribution in [0.4, 0.5) is 0 Å². The fourth-order valence-electron chi connectivity index (χ4n) is 2.66. The maximum absolute atomic E-state index is 11.8. The lowest BCUT2D eigenvalue weighted by molar-refractivity contribution is -0.122. The van der Waals surface area contributed by atoms with E-state index in [2.05, 4.69) is 17.6 Å². The van der Waals surface area contributed by atoms with Crippen LogP contribution >= 0.6 is 12.4 Å². The number of ether oxygens (including phenoxy) is 1. The molecule has 2 aliphatic heterocycles. The molecule has 2 saturated heterocycles. The van der Waals surface area contributed by atoms with Gasteiger partial charge in [-0.1, -0.05) is 0 Å². The predicted molar refractivity (Wildman–Crippen MR) is 74.1 cm³/mol. The minimum Gasteiger partial charge on any atom is -0.375 e. The quantitative estimate of drug-likeness (QED) is 0.821. The molecule has 0 saturated carbocycles. The summed E-state index contributed by atoms with van der Waals surface area (Å²) in [5, 5.41) is 6.42. The van der Waals surface area contributed by atoms with Crippen molar-refractivity contribution in [2.75, 3.05) is 13.1 Å². The smallest absolute Gasteiger partial charge is 0.220 e. The summed E-state index contributed by atoms with van der Waals surface area (Å²) in [4.78, 5) is 11.8. The van der Waals surface area contributed by atoms with Gasteiger partial charge in [-0.3, -0.25) is 4.79 Å². The average molecular weight is 277 g/mol. The second-order valence-electron chi connectivity index (χ2n) is 5.28. The monoisotopic (exact) mass is 276 g/mol. The van der Waals surface area contributed by atoms with Gasteiger partial charge in [0.2, 0.25) is 5.91 Å². The molecule has 106 valence electrons. The molecule has 0 radical (unpaired) electrons. The summed E-state index contributed by atoms with van der Waals surface area (Å²) in [6, 6.07) is 0.382. The molecular formula is C13H25ClN2O2. The highest BCUT2D eigenvalue weighted by molar-refractivity contribution is 5.85. The van der Waals surface area contributed by atoms with Crippen LogP contribution < -0.4 is 10.6 Å². The Morgan fingerprint density at radius 3 is 2.61 bits per heavy atom. The van der Waals surface area contributed by atoms with E-state index >= 15 is 0 Å². The number of piperidine rings is 1. The van der Waals surface area contributed by atoms with E-state index in [0.29, 0.717) is 24.7 Å². The molecule has 5 heteroatoms. The Morgan fingerprint density at radius 2 is 2.00 bits per heavy atom. The fourth-order valence-corrected chi connectivity index (χ4v) is 2.66. The van der Waals surface area contributed by atoms with E-state index in [-0.39, 0.29) is 18.3 Å². The van der Waals surface area contributed by atoms with Crippen LogP contribution in [0, 0.1) is 0 Å². The third kappa shape index (κ3) is 5.12. The Balaban J connectivity index is 0.00000162. The van der Waals surface area contributed by atoms with E-state index < -0.39 is 0 Å². The minimum atomic E-state index is 0. The second-order valence-corrected chi connectivity index (χ2v) is 5.28.